The zero-order valence-corrected chi connectivity index (χ0v) is 12.8. The molecule has 6 nitrogen and oxygen atoms in total. The Morgan fingerprint density at radius 1 is 1.43 bits per heavy atom. The third-order valence-corrected chi connectivity index (χ3v) is 4.22. The number of anilines is 1. The van der Waals surface area contributed by atoms with E-state index in [9.17, 15) is 9.59 Å². The van der Waals surface area contributed by atoms with Gasteiger partial charge in [-0.3, -0.25) is 9.59 Å². The lowest BCUT2D eigenvalue weighted by Crippen LogP contribution is -2.35. The fraction of sp³-hybridized carbons (Fsp3) is 0.571. The average molecular weight is 312 g/mol. The Hall–Kier alpha value is -1.44. The highest BCUT2D eigenvalue weighted by molar-refractivity contribution is 7.18. The highest BCUT2D eigenvalue weighted by atomic mass is 32.1. The molecule has 1 aliphatic carbocycles. The third-order valence-electron chi connectivity index (χ3n) is 3.23. The Kier molecular flexibility index (Phi) is 5.72. The van der Waals surface area contributed by atoms with Gasteiger partial charge in [0.25, 0.3) is 5.91 Å². The summed E-state index contributed by atoms with van der Waals surface area (Å²) in [5.41, 5.74) is 0. The Morgan fingerprint density at radius 3 is 2.81 bits per heavy atom. The minimum atomic E-state index is -0.155. The van der Waals surface area contributed by atoms with Crippen molar-refractivity contribution in [3.63, 3.8) is 0 Å². The van der Waals surface area contributed by atoms with E-state index in [1.165, 1.54) is 11.3 Å². The van der Waals surface area contributed by atoms with Crippen LogP contribution in [0, 0.1) is 5.92 Å². The summed E-state index contributed by atoms with van der Waals surface area (Å²) in [6.07, 6.45) is 1.90. The first-order valence-electron chi connectivity index (χ1n) is 6.95. The second-order valence-electron chi connectivity index (χ2n) is 4.94. The van der Waals surface area contributed by atoms with Crippen LogP contribution in [-0.4, -0.2) is 55.2 Å². The number of aliphatic hydroxyl groups excluding tert-OH is 1. The van der Waals surface area contributed by atoms with Gasteiger partial charge in [0.1, 0.15) is 0 Å². The molecule has 21 heavy (non-hydrogen) atoms. The second-order valence-corrected chi connectivity index (χ2v) is 6.02. The van der Waals surface area contributed by atoms with Crippen LogP contribution in [0.5, 0.6) is 0 Å². The molecule has 116 valence electrons. The van der Waals surface area contributed by atoms with E-state index in [4.69, 9.17) is 9.84 Å². The lowest BCUT2D eigenvalue weighted by Gasteiger charge is -2.20. The zero-order chi connectivity index (χ0) is 15.2. The van der Waals surface area contributed by atoms with Gasteiger partial charge in [0, 0.05) is 26.1 Å². The van der Waals surface area contributed by atoms with Gasteiger partial charge in [0.05, 0.1) is 23.1 Å². The minimum absolute atomic E-state index is 0.0300. The smallest absolute Gasteiger partial charge is 0.264 e. The zero-order valence-electron chi connectivity index (χ0n) is 12.0. The molecular formula is C14H20N2O4S. The fourth-order valence-corrected chi connectivity index (χ4v) is 2.76. The van der Waals surface area contributed by atoms with Crippen molar-refractivity contribution >= 4 is 28.2 Å². The van der Waals surface area contributed by atoms with Crippen LogP contribution in [0.2, 0.25) is 0 Å². The van der Waals surface area contributed by atoms with E-state index >= 15 is 0 Å². The molecule has 7 heteroatoms. The molecule has 1 aromatic heterocycles. The van der Waals surface area contributed by atoms with E-state index in [1.807, 2.05) is 0 Å². The van der Waals surface area contributed by atoms with Gasteiger partial charge in [0.15, 0.2) is 0 Å². The molecule has 0 atom stereocenters. The van der Waals surface area contributed by atoms with Crippen molar-refractivity contribution in [2.75, 3.05) is 38.7 Å². The van der Waals surface area contributed by atoms with Gasteiger partial charge in [-0.05, 0) is 25.0 Å². The van der Waals surface area contributed by atoms with Crippen LogP contribution in [-0.2, 0) is 9.53 Å². The van der Waals surface area contributed by atoms with Crippen LogP contribution in [0.15, 0.2) is 12.1 Å². The number of hydrogen-bond acceptors (Lipinski definition) is 5. The first kappa shape index (κ1) is 15.9. The normalized spacial score (nSPS) is 14.0. The first-order chi connectivity index (χ1) is 10.2. The molecule has 1 heterocycles. The Labute approximate surface area is 127 Å². The number of methoxy groups -OCH3 is 1. The maximum atomic E-state index is 12.3. The molecule has 1 aromatic rings. The maximum absolute atomic E-state index is 12.3. The Bertz CT molecular complexity index is 499. The van der Waals surface area contributed by atoms with E-state index in [2.05, 4.69) is 5.32 Å². The molecule has 2 amide bonds. The molecule has 0 bridgehead atoms. The number of carbonyl (C=O) groups excluding carboxylic acids is 2. The third kappa shape index (κ3) is 4.52. The van der Waals surface area contributed by atoms with Gasteiger partial charge in [-0.25, -0.2) is 0 Å². The topological polar surface area (TPSA) is 78.9 Å². The number of amides is 2. The van der Waals surface area contributed by atoms with Crippen LogP contribution < -0.4 is 5.32 Å². The molecule has 0 aliphatic heterocycles. The lowest BCUT2D eigenvalue weighted by atomic mass is 10.3. The van der Waals surface area contributed by atoms with Crippen LogP contribution in [0.3, 0.4) is 0 Å². The van der Waals surface area contributed by atoms with Gasteiger partial charge in [0.2, 0.25) is 5.91 Å². The second kappa shape index (κ2) is 7.53. The van der Waals surface area contributed by atoms with Gasteiger partial charge in [-0.1, -0.05) is 0 Å². The highest BCUT2D eigenvalue weighted by Crippen LogP contribution is 2.31. The quantitative estimate of drug-likeness (QED) is 0.755. The summed E-state index contributed by atoms with van der Waals surface area (Å²) in [7, 11) is 1.57. The van der Waals surface area contributed by atoms with E-state index in [0.29, 0.717) is 23.0 Å². The first-order valence-corrected chi connectivity index (χ1v) is 7.77. The number of nitrogens with zero attached hydrogens (tertiary/aromatic N) is 1. The molecule has 0 radical (unpaired) electrons. The van der Waals surface area contributed by atoms with Crippen molar-refractivity contribution in [1.29, 1.82) is 0 Å². The van der Waals surface area contributed by atoms with Crippen LogP contribution >= 0.6 is 11.3 Å². The summed E-state index contributed by atoms with van der Waals surface area (Å²) in [4.78, 5) is 26.1. The van der Waals surface area contributed by atoms with Crippen molar-refractivity contribution in [3.8, 4) is 0 Å². The summed E-state index contributed by atoms with van der Waals surface area (Å²) in [6, 6.07) is 3.44. The Balaban J connectivity index is 1.96. The molecule has 2 N–H and O–H groups in total. The van der Waals surface area contributed by atoms with Crippen molar-refractivity contribution in [2.24, 2.45) is 5.92 Å². The lowest BCUT2D eigenvalue weighted by molar-refractivity contribution is -0.117. The molecular weight excluding hydrogens is 292 g/mol. The van der Waals surface area contributed by atoms with Crippen molar-refractivity contribution < 1.29 is 19.4 Å². The number of nitrogens with one attached hydrogen (secondary N) is 1. The largest absolute Gasteiger partial charge is 0.395 e. The maximum Gasteiger partial charge on any atom is 0.264 e. The summed E-state index contributed by atoms with van der Waals surface area (Å²) in [5, 5.41) is 12.5. The summed E-state index contributed by atoms with van der Waals surface area (Å²) in [5.74, 6) is 0.0132. The van der Waals surface area contributed by atoms with E-state index in [1.54, 1.807) is 24.1 Å². The number of aliphatic hydroxyl groups is 1. The number of thiophene rings is 1. The van der Waals surface area contributed by atoms with Gasteiger partial charge < -0.3 is 20.1 Å². The van der Waals surface area contributed by atoms with E-state index in [-0.39, 0.29) is 30.9 Å². The van der Waals surface area contributed by atoms with Crippen molar-refractivity contribution in [1.82, 2.24) is 4.90 Å². The molecule has 0 aromatic carbocycles. The molecule has 0 spiro atoms. The van der Waals surface area contributed by atoms with E-state index < -0.39 is 0 Å². The van der Waals surface area contributed by atoms with Crippen molar-refractivity contribution in [2.45, 2.75) is 12.8 Å². The number of rotatable bonds is 8. The van der Waals surface area contributed by atoms with Gasteiger partial charge >= 0.3 is 0 Å². The summed E-state index contributed by atoms with van der Waals surface area (Å²) < 4.78 is 4.97. The number of carbonyl (C=O) groups is 2. The Morgan fingerprint density at radius 2 is 2.19 bits per heavy atom. The molecule has 1 saturated carbocycles. The number of hydrogen-bond donors (Lipinski definition) is 2. The predicted octanol–water partition coefficient (Wildman–Crippen LogP) is 1.18. The van der Waals surface area contributed by atoms with Crippen molar-refractivity contribution in [3.05, 3.63) is 17.0 Å². The molecule has 2 rings (SSSR count). The SMILES string of the molecule is COCCN(CCO)C(=O)c1ccc(NC(=O)C2CC2)s1. The monoisotopic (exact) mass is 312 g/mol. The summed E-state index contributed by atoms with van der Waals surface area (Å²) >= 11 is 1.26. The van der Waals surface area contributed by atoms with Gasteiger partial charge in [-0.15, -0.1) is 11.3 Å². The molecule has 1 aliphatic rings. The minimum Gasteiger partial charge on any atom is -0.395 e. The molecule has 0 unspecified atom stereocenters. The summed E-state index contributed by atoms with van der Waals surface area (Å²) in [6.45, 7) is 1.02. The van der Waals surface area contributed by atoms with Crippen LogP contribution in [0.25, 0.3) is 0 Å². The highest BCUT2D eigenvalue weighted by Gasteiger charge is 2.30. The predicted molar refractivity (Wildman–Crippen MR) is 80.5 cm³/mol. The van der Waals surface area contributed by atoms with Crippen LogP contribution in [0.1, 0.15) is 22.5 Å². The molecule has 1 fully saturated rings. The van der Waals surface area contributed by atoms with E-state index in [0.717, 1.165) is 12.8 Å². The van der Waals surface area contributed by atoms with Gasteiger partial charge in [-0.2, -0.15) is 0 Å². The number of ether oxygens (including phenoxy) is 1. The fourth-order valence-electron chi connectivity index (χ4n) is 1.88. The van der Waals surface area contributed by atoms with Crippen LogP contribution in [0.4, 0.5) is 5.00 Å². The average Bonchev–Trinajstić information content (AvgIpc) is 3.23. The molecule has 0 saturated heterocycles. The standard InChI is InChI=1S/C14H20N2O4S/c1-20-9-7-16(6-8-17)14(19)11-4-5-12(21-11)15-13(18)10-2-3-10/h4-5,10,17H,2-3,6-9H2,1H3,(H,15,18).